The molecule has 148 valence electrons. The molecule has 1 amide bonds. The molecule has 4 rings (SSSR count). The van der Waals surface area contributed by atoms with Crippen LogP contribution in [0.25, 0.3) is 0 Å². The molecule has 0 N–H and O–H groups in total. The summed E-state index contributed by atoms with van der Waals surface area (Å²) in [6, 6.07) is 10.8. The van der Waals surface area contributed by atoms with Gasteiger partial charge in [-0.1, -0.05) is 36.8 Å². The van der Waals surface area contributed by atoms with Crippen molar-refractivity contribution in [3.05, 3.63) is 59.2 Å². The standard InChI is InChI=1S/C22H28N4O2/c1-17-19(22(27)25-11-13-28-14-12-25)15-23-21(24-17)20-9-5-6-10-26(20)16-18-7-3-2-4-8-18/h2-4,7-8,15,20H,5-6,9-14,16H2,1H3/t20-/m0/s1. The van der Waals surface area contributed by atoms with Gasteiger partial charge in [-0.3, -0.25) is 9.69 Å². The molecule has 0 radical (unpaired) electrons. The molecule has 1 aromatic heterocycles. The molecule has 0 aliphatic carbocycles. The van der Waals surface area contributed by atoms with Crippen LogP contribution in [0.2, 0.25) is 0 Å². The van der Waals surface area contributed by atoms with Crippen molar-refractivity contribution in [1.82, 2.24) is 19.8 Å². The number of morpholine rings is 1. The summed E-state index contributed by atoms with van der Waals surface area (Å²) in [4.78, 5) is 26.5. The maximum Gasteiger partial charge on any atom is 0.257 e. The number of likely N-dealkylation sites (tertiary alicyclic amines) is 1. The molecule has 6 heteroatoms. The van der Waals surface area contributed by atoms with Crippen molar-refractivity contribution in [2.45, 2.75) is 38.8 Å². The summed E-state index contributed by atoms with van der Waals surface area (Å²) >= 11 is 0. The van der Waals surface area contributed by atoms with Gasteiger partial charge >= 0.3 is 0 Å². The molecule has 2 saturated heterocycles. The van der Waals surface area contributed by atoms with Gasteiger partial charge in [0, 0.05) is 25.8 Å². The van der Waals surface area contributed by atoms with Crippen molar-refractivity contribution in [1.29, 1.82) is 0 Å². The van der Waals surface area contributed by atoms with Crippen LogP contribution in [0.1, 0.15) is 52.7 Å². The number of aryl methyl sites for hydroxylation is 1. The topological polar surface area (TPSA) is 58.6 Å². The van der Waals surface area contributed by atoms with Gasteiger partial charge in [-0.05, 0) is 31.9 Å². The molecule has 1 aromatic carbocycles. The van der Waals surface area contributed by atoms with Crippen LogP contribution < -0.4 is 0 Å². The first-order valence-electron chi connectivity index (χ1n) is 10.2. The third kappa shape index (κ3) is 4.23. The minimum atomic E-state index is 0.0112. The number of piperidine rings is 1. The Bertz CT molecular complexity index is 805. The van der Waals surface area contributed by atoms with Gasteiger partial charge in [0.05, 0.1) is 30.5 Å². The summed E-state index contributed by atoms with van der Waals surface area (Å²) in [5.74, 6) is 0.851. The number of amides is 1. The molecule has 6 nitrogen and oxygen atoms in total. The van der Waals surface area contributed by atoms with E-state index in [0.29, 0.717) is 31.9 Å². The monoisotopic (exact) mass is 380 g/mol. The number of aromatic nitrogens is 2. The molecule has 0 unspecified atom stereocenters. The lowest BCUT2D eigenvalue weighted by atomic mass is 10.00. The molecule has 28 heavy (non-hydrogen) atoms. The normalized spacial score (nSPS) is 20.9. The van der Waals surface area contributed by atoms with Crippen molar-refractivity contribution in [2.24, 2.45) is 0 Å². The second kappa shape index (κ2) is 8.80. The Hall–Kier alpha value is -2.31. The zero-order chi connectivity index (χ0) is 19.3. The Kier molecular flexibility index (Phi) is 5.98. The second-order valence-corrected chi connectivity index (χ2v) is 7.60. The summed E-state index contributed by atoms with van der Waals surface area (Å²) < 4.78 is 5.34. The molecule has 2 aromatic rings. The van der Waals surface area contributed by atoms with Gasteiger partial charge in [0.1, 0.15) is 5.82 Å². The first-order chi connectivity index (χ1) is 13.7. The molecular weight excluding hydrogens is 352 g/mol. The fourth-order valence-corrected chi connectivity index (χ4v) is 4.08. The lowest BCUT2D eigenvalue weighted by Crippen LogP contribution is -2.41. The van der Waals surface area contributed by atoms with Crippen LogP contribution in [-0.4, -0.2) is 58.5 Å². The number of ether oxygens (including phenoxy) is 1. The number of hydrogen-bond acceptors (Lipinski definition) is 5. The lowest BCUT2D eigenvalue weighted by molar-refractivity contribution is 0.0301. The Morgan fingerprint density at radius 2 is 1.93 bits per heavy atom. The average Bonchev–Trinajstić information content (AvgIpc) is 2.75. The summed E-state index contributed by atoms with van der Waals surface area (Å²) in [7, 11) is 0. The maximum atomic E-state index is 12.8. The highest BCUT2D eigenvalue weighted by Crippen LogP contribution is 2.30. The van der Waals surface area contributed by atoms with Crippen LogP contribution in [0.4, 0.5) is 0 Å². The van der Waals surface area contributed by atoms with E-state index in [1.54, 1.807) is 6.20 Å². The average molecular weight is 380 g/mol. The molecule has 0 spiro atoms. The van der Waals surface area contributed by atoms with Gasteiger partial charge in [0.2, 0.25) is 0 Å². The van der Waals surface area contributed by atoms with E-state index in [-0.39, 0.29) is 11.9 Å². The molecule has 3 heterocycles. The largest absolute Gasteiger partial charge is 0.378 e. The summed E-state index contributed by atoms with van der Waals surface area (Å²) in [6.07, 6.45) is 5.18. The van der Waals surface area contributed by atoms with Crippen molar-refractivity contribution >= 4 is 5.91 Å². The number of rotatable bonds is 4. The highest BCUT2D eigenvalue weighted by atomic mass is 16.5. The summed E-state index contributed by atoms with van der Waals surface area (Å²) in [5.41, 5.74) is 2.69. The Balaban J connectivity index is 1.52. The van der Waals surface area contributed by atoms with Gasteiger partial charge in [-0.15, -0.1) is 0 Å². The van der Waals surface area contributed by atoms with E-state index >= 15 is 0 Å². The van der Waals surface area contributed by atoms with Gasteiger partial charge in [0.15, 0.2) is 0 Å². The summed E-state index contributed by atoms with van der Waals surface area (Å²) in [6.45, 7) is 6.34. The fraction of sp³-hybridized carbons (Fsp3) is 0.500. The predicted octanol–water partition coefficient (Wildman–Crippen LogP) is 2.98. The zero-order valence-corrected chi connectivity index (χ0v) is 16.5. The predicted molar refractivity (Wildman–Crippen MR) is 107 cm³/mol. The van der Waals surface area contributed by atoms with Crippen LogP contribution in [0, 0.1) is 6.92 Å². The molecule has 0 saturated carbocycles. The maximum absolute atomic E-state index is 12.8. The van der Waals surface area contributed by atoms with Crippen molar-refractivity contribution in [2.75, 3.05) is 32.8 Å². The van der Waals surface area contributed by atoms with E-state index in [1.165, 1.54) is 18.4 Å². The Morgan fingerprint density at radius 1 is 1.14 bits per heavy atom. The highest BCUT2D eigenvalue weighted by Gasteiger charge is 2.28. The molecule has 1 atom stereocenters. The van der Waals surface area contributed by atoms with E-state index in [9.17, 15) is 4.79 Å². The lowest BCUT2D eigenvalue weighted by Gasteiger charge is -2.35. The van der Waals surface area contributed by atoms with Gasteiger partial charge in [-0.25, -0.2) is 9.97 Å². The van der Waals surface area contributed by atoms with E-state index in [2.05, 4.69) is 34.1 Å². The fourth-order valence-electron chi connectivity index (χ4n) is 4.08. The minimum absolute atomic E-state index is 0.0112. The van der Waals surface area contributed by atoms with E-state index < -0.39 is 0 Å². The van der Waals surface area contributed by atoms with Crippen LogP contribution in [-0.2, 0) is 11.3 Å². The molecular formula is C22H28N4O2. The molecule has 0 bridgehead atoms. The van der Waals surface area contributed by atoms with Crippen LogP contribution in [0.3, 0.4) is 0 Å². The molecule has 2 fully saturated rings. The smallest absolute Gasteiger partial charge is 0.257 e. The zero-order valence-electron chi connectivity index (χ0n) is 16.5. The number of nitrogens with zero attached hydrogens (tertiary/aromatic N) is 4. The molecule has 2 aliphatic rings. The van der Waals surface area contributed by atoms with Gasteiger partial charge in [-0.2, -0.15) is 0 Å². The highest BCUT2D eigenvalue weighted by molar-refractivity contribution is 5.95. The van der Waals surface area contributed by atoms with Crippen molar-refractivity contribution in [3.63, 3.8) is 0 Å². The molecule has 2 aliphatic heterocycles. The third-order valence-electron chi connectivity index (χ3n) is 5.67. The first-order valence-corrected chi connectivity index (χ1v) is 10.2. The van der Waals surface area contributed by atoms with E-state index in [0.717, 1.165) is 31.0 Å². The second-order valence-electron chi connectivity index (χ2n) is 7.60. The van der Waals surface area contributed by atoms with Crippen LogP contribution >= 0.6 is 0 Å². The summed E-state index contributed by atoms with van der Waals surface area (Å²) in [5, 5.41) is 0. The van der Waals surface area contributed by atoms with Crippen molar-refractivity contribution < 1.29 is 9.53 Å². The van der Waals surface area contributed by atoms with Gasteiger partial charge < -0.3 is 9.64 Å². The van der Waals surface area contributed by atoms with Crippen molar-refractivity contribution in [3.8, 4) is 0 Å². The van der Waals surface area contributed by atoms with Gasteiger partial charge in [0.25, 0.3) is 5.91 Å². The van der Waals surface area contributed by atoms with Crippen LogP contribution in [0.5, 0.6) is 0 Å². The number of hydrogen-bond donors (Lipinski definition) is 0. The van der Waals surface area contributed by atoms with E-state index in [1.807, 2.05) is 17.9 Å². The minimum Gasteiger partial charge on any atom is -0.378 e. The quantitative estimate of drug-likeness (QED) is 0.816. The first kappa shape index (κ1) is 19.0. The SMILES string of the molecule is Cc1nc([C@@H]2CCCCN2Cc2ccccc2)ncc1C(=O)N1CCOCC1. The third-order valence-corrected chi connectivity index (χ3v) is 5.67. The Morgan fingerprint density at radius 3 is 2.68 bits per heavy atom. The number of carbonyl (C=O) groups is 1. The van der Waals surface area contributed by atoms with E-state index in [4.69, 9.17) is 9.72 Å². The number of benzene rings is 1. The number of carbonyl (C=O) groups excluding carboxylic acids is 1. The van der Waals surface area contributed by atoms with Crippen LogP contribution in [0.15, 0.2) is 36.5 Å². The Labute approximate surface area is 166 Å².